The number of carbonyl (C=O) groups excluding carboxylic acids is 2. The topological polar surface area (TPSA) is 107 Å². The number of furan rings is 1. The summed E-state index contributed by atoms with van der Waals surface area (Å²) in [6, 6.07) is 8.19. The Hall–Kier alpha value is -2.80. The van der Waals surface area contributed by atoms with Crippen molar-refractivity contribution < 1.29 is 18.7 Å². The first-order chi connectivity index (χ1) is 10.2. The van der Waals surface area contributed by atoms with Crippen molar-refractivity contribution in [2.45, 2.75) is 6.54 Å². The second kappa shape index (κ2) is 5.29. The summed E-state index contributed by atoms with van der Waals surface area (Å²) in [5.74, 6) is 0.651. The van der Waals surface area contributed by atoms with E-state index < -0.39 is 5.91 Å². The van der Waals surface area contributed by atoms with E-state index in [0.717, 1.165) is 0 Å². The lowest BCUT2D eigenvalue weighted by molar-refractivity contribution is -0.118. The summed E-state index contributed by atoms with van der Waals surface area (Å²) in [4.78, 5) is 23.3. The molecular weight excluding hydrogens is 274 g/mol. The SMILES string of the molecule is NCc1ccc(C(=O)Nc2ccc3c(c2)NC(=O)CO3)o1. The number of hydrogen-bond acceptors (Lipinski definition) is 5. The van der Waals surface area contributed by atoms with Crippen molar-refractivity contribution in [2.75, 3.05) is 17.2 Å². The van der Waals surface area contributed by atoms with Crippen molar-refractivity contribution in [3.63, 3.8) is 0 Å². The second-order valence-electron chi connectivity index (χ2n) is 4.47. The van der Waals surface area contributed by atoms with Gasteiger partial charge in [-0.15, -0.1) is 0 Å². The molecule has 0 unspecified atom stereocenters. The molecule has 1 aliphatic heterocycles. The third-order valence-electron chi connectivity index (χ3n) is 2.96. The Morgan fingerprint density at radius 1 is 1.33 bits per heavy atom. The van der Waals surface area contributed by atoms with Gasteiger partial charge in [-0.1, -0.05) is 0 Å². The van der Waals surface area contributed by atoms with E-state index in [-0.39, 0.29) is 24.8 Å². The van der Waals surface area contributed by atoms with Crippen molar-refractivity contribution in [2.24, 2.45) is 5.73 Å². The molecule has 7 heteroatoms. The first kappa shape index (κ1) is 13.2. The first-order valence-corrected chi connectivity index (χ1v) is 6.32. The van der Waals surface area contributed by atoms with Crippen LogP contribution >= 0.6 is 0 Å². The number of benzene rings is 1. The lowest BCUT2D eigenvalue weighted by atomic mass is 10.2. The third-order valence-corrected chi connectivity index (χ3v) is 2.96. The average Bonchev–Trinajstić information content (AvgIpc) is 2.96. The summed E-state index contributed by atoms with van der Waals surface area (Å²) in [7, 11) is 0. The van der Waals surface area contributed by atoms with E-state index in [9.17, 15) is 9.59 Å². The van der Waals surface area contributed by atoms with Crippen LogP contribution in [0.4, 0.5) is 11.4 Å². The summed E-state index contributed by atoms with van der Waals surface area (Å²) < 4.78 is 10.5. The van der Waals surface area contributed by atoms with Crippen LogP contribution in [-0.4, -0.2) is 18.4 Å². The Balaban J connectivity index is 1.77. The maximum Gasteiger partial charge on any atom is 0.291 e. The molecule has 0 spiro atoms. The van der Waals surface area contributed by atoms with Crippen molar-refractivity contribution in [3.8, 4) is 5.75 Å². The molecule has 4 N–H and O–H groups in total. The van der Waals surface area contributed by atoms with Gasteiger partial charge in [-0.05, 0) is 30.3 Å². The molecular formula is C14H13N3O4. The minimum absolute atomic E-state index is 0.00698. The van der Waals surface area contributed by atoms with Crippen LogP contribution in [0.15, 0.2) is 34.7 Å². The van der Waals surface area contributed by atoms with Gasteiger partial charge in [0.15, 0.2) is 12.4 Å². The van der Waals surface area contributed by atoms with E-state index in [1.807, 2.05) is 0 Å². The Bertz CT molecular complexity index is 708. The van der Waals surface area contributed by atoms with Crippen LogP contribution in [-0.2, 0) is 11.3 Å². The number of nitrogens with one attached hydrogen (secondary N) is 2. The second-order valence-corrected chi connectivity index (χ2v) is 4.47. The molecule has 0 saturated heterocycles. The predicted molar refractivity (Wildman–Crippen MR) is 75.1 cm³/mol. The summed E-state index contributed by atoms with van der Waals surface area (Å²) in [5.41, 5.74) is 6.47. The highest BCUT2D eigenvalue weighted by Crippen LogP contribution is 2.30. The van der Waals surface area contributed by atoms with Gasteiger partial charge in [0, 0.05) is 5.69 Å². The number of nitrogens with two attached hydrogens (primary N) is 1. The summed E-state index contributed by atoms with van der Waals surface area (Å²) in [5, 5.41) is 5.35. The van der Waals surface area contributed by atoms with Gasteiger partial charge in [0.1, 0.15) is 11.5 Å². The zero-order chi connectivity index (χ0) is 14.8. The molecule has 3 rings (SSSR count). The van der Waals surface area contributed by atoms with Crippen LogP contribution in [0.2, 0.25) is 0 Å². The van der Waals surface area contributed by atoms with Crippen LogP contribution in [0.5, 0.6) is 5.75 Å². The first-order valence-electron chi connectivity index (χ1n) is 6.32. The molecule has 0 aliphatic carbocycles. The molecule has 0 fully saturated rings. The van der Waals surface area contributed by atoms with Gasteiger partial charge in [-0.25, -0.2) is 0 Å². The van der Waals surface area contributed by atoms with Crippen LogP contribution in [0.1, 0.15) is 16.3 Å². The number of amides is 2. The largest absolute Gasteiger partial charge is 0.482 e. The number of fused-ring (bicyclic) bond motifs is 1. The van der Waals surface area contributed by atoms with Crippen LogP contribution < -0.4 is 21.1 Å². The molecule has 2 amide bonds. The molecule has 7 nitrogen and oxygen atoms in total. The predicted octanol–water partition coefficient (Wildman–Crippen LogP) is 1.32. The van der Waals surface area contributed by atoms with Gasteiger partial charge in [0.25, 0.3) is 11.8 Å². The molecule has 1 aromatic carbocycles. The van der Waals surface area contributed by atoms with Crippen LogP contribution in [0.25, 0.3) is 0 Å². The smallest absolute Gasteiger partial charge is 0.291 e. The quantitative estimate of drug-likeness (QED) is 0.789. The van der Waals surface area contributed by atoms with Crippen LogP contribution in [0.3, 0.4) is 0 Å². The molecule has 1 aromatic heterocycles. The van der Waals surface area contributed by atoms with Gasteiger partial charge in [-0.2, -0.15) is 0 Å². The summed E-state index contributed by atoms with van der Waals surface area (Å²) in [6.45, 7) is 0.225. The molecule has 21 heavy (non-hydrogen) atoms. The standard InChI is InChI=1S/C14H13N3O4/c15-6-9-2-4-12(21-9)14(19)16-8-1-3-11-10(5-8)17-13(18)7-20-11/h1-5H,6-7,15H2,(H,16,19)(H,17,18). The molecule has 2 heterocycles. The van der Waals surface area contributed by atoms with Gasteiger partial charge in [-0.3, -0.25) is 9.59 Å². The molecule has 0 saturated carbocycles. The molecule has 1 aliphatic rings. The number of hydrogen-bond donors (Lipinski definition) is 3. The van der Waals surface area contributed by atoms with E-state index >= 15 is 0 Å². The molecule has 108 valence electrons. The van der Waals surface area contributed by atoms with Crippen molar-refractivity contribution >= 4 is 23.2 Å². The van der Waals surface area contributed by atoms with Gasteiger partial charge in [0.2, 0.25) is 0 Å². The van der Waals surface area contributed by atoms with E-state index in [0.29, 0.717) is 22.9 Å². The number of ether oxygens (including phenoxy) is 1. The van der Waals surface area contributed by atoms with Gasteiger partial charge >= 0.3 is 0 Å². The summed E-state index contributed by atoms with van der Waals surface area (Å²) in [6.07, 6.45) is 0. The number of carbonyl (C=O) groups is 2. The Kier molecular flexibility index (Phi) is 3.33. The Morgan fingerprint density at radius 2 is 2.19 bits per heavy atom. The van der Waals surface area contributed by atoms with Crippen molar-refractivity contribution in [1.29, 1.82) is 0 Å². The molecule has 2 aromatic rings. The molecule has 0 atom stereocenters. The van der Waals surface area contributed by atoms with E-state index in [1.54, 1.807) is 30.3 Å². The number of anilines is 2. The fourth-order valence-electron chi connectivity index (χ4n) is 1.96. The van der Waals surface area contributed by atoms with E-state index in [2.05, 4.69) is 10.6 Å². The van der Waals surface area contributed by atoms with Gasteiger partial charge < -0.3 is 25.5 Å². The maximum atomic E-state index is 12.0. The zero-order valence-electron chi connectivity index (χ0n) is 11.0. The Labute approximate surface area is 120 Å². The van der Waals surface area contributed by atoms with Crippen LogP contribution in [0, 0.1) is 0 Å². The molecule has 0 bridgehead atoms. The fraction of sp³-hybridized carbons (Fsp3) is 0.143. The monoisotopic (exact) mass is 287 g/mol. The highest BCUT2D eigenvalue weighted by Gasteiger charge is 2.17. The third kappa shape index (κ3) is 2.72. The van der Waals surface area contributed by atoms with E-state index in [1.165, 1.54) is 0 Å². The highest BCUT2D eigenvalue weighted by molar-refractivity contribution is 6.03. The zero-order valence-corrected chi connectivity index (χ0v) is 11.0. The lowest BCUT2D eigenvalue weighted by Crippen LogP contribution is -2.25. The minimum atomic E-state index is -0.391. The normalized spacial score (nSPS) is 13.1. The highest BCUT2D eigenvalue weighted by atomic mass is 16.5. The van der Waals surface area contributed by atoms with Crippen molar-refractivity contribution in [3.05, 3.63) is 41.9 Å². The van der Waals surface area contributed by atoms with Gasteiger partial charge in [0.05, 0.1) is 12.2 Å². The maximum absolute atomic E-state index is 12.0. The Morgan fingerprint density at radius 3 is 2.95 bits per heavy atom. The summed E-state index contributed by atoms with van der Waals surface area (Å²) >= 11 is 0. The number of rotatable bonds is 3. The van der Waals surface area contributed by atoms with E-state index in [4.69, 9.17) is 14.9 Å². The van der Waals surface area contributed by atoms with Crippen molar-refractivity contribution in [1.82, 2.24) is 0 Å². The average molecular weight is 287 g/mol. The molecule has 0 radical (unpaired) electrons. The minimum Gasteiger partial charge on any atom is -0.482 e. The lowest BCUT2D eigenvalue weighted by Gasteiger charge is -2.18. The fourth-order valence-corrected chi connectivity index (χ4v) is 1.96.